The van der Waals surface area contributed by atoms with E-state index in [0.29, 0.717) is 0 Å². The molecule has 2 aromatic carbocycles. The third-order valence-corrected chi connectivity index (χ3v) is 6.24. The molecule has 0 aliphatic carbocycles. The Hall–Kier alpha value is -3.04. The molecule has 27 heavy (non-hydrogen) atoms. The van der Waals surface area contributed by atoms with Gasteiger partial charge < -0.3 is 5.11 Å². The number of nitro benzene ring substituents is 1. The zero-order valence-corrected chi connectivity index (χ0v) is 14.9. The number of carboxylic acids is 1. The van der Waals surface area contributed by atoms with Gasteiger partial charge in [0.05, 0.1) is 15.9 Å². The number of nitro groups is 1. The average Bonchev–Trinajstić information content (AvgIpc) is 2.68. The minimum Gasteiger partial charge on any atom is -0.478 e. The molecule has 9 heteroatoms. The van der Waals surface area contributed by atoms with Crippen LogP contribution < -0.4 is 0 Å². The molecule has 2 aromatic rings. The Kier molecular flexibility index (Phi) is 5.06. The zero-order chi connectivity index (χ0) is 19.6. The minimum atomic E-state index is -4.06. The molecule has 0 saturated heterocycles. The quantitative estimate of drug-likeness (QED) is 0.621. The van der Waals surface area contributed by atoms with Crippen molar-refractivity contribution in [3.63, 3.8) is 0 Å². The number of aliphatic carboxylic acids is 1. The van der Waals surface area contributed by atoms with Gasteiger partial charge in [0.25, 0.3) is 5.69 Å². The highest BCUT2D eigenvalue weighted by molar-refractivity contribution is 7.89. The number of non-ortho nitro benzene ring substituents is 1. The topological polar surface area (TPSA) is 118 Å². The van der Waals surface area contributed by atoms with Gasteiger partial charge in [-0.25, -0.2) is 13.2 Å². The SMILES string of the molecule is O=C(O)C1=CCC(c2ccccc2)N(S(=O)(=O)c2ccc([N+](=O)[O-])cc2)C1. The summed E-state index contributed by atoms with van der Waals surface area (Å²) in [6.45, 7) is -0.284. The van der Waals surface area contributed by atoms with Gasteiger partial charge in [-0.3, -0.25) is 10.1 Å². The van der Waals surface area contributed by atoms with Crippen molar-refractivity contribution in [1.82, 2.24) is 4.31 Å². The van der Waals surface area contributed by atoms with E-state index >= 15 is 0 Å². The Morgan fingerprint density at radius 2 is 1.74 bits per heavy atom. The second kappa shape index (κ2) is 7.29. The van der Waals surface area contributed by atoms with Gasteiger partial charge in [-0.2, -0.15) is 4.31 Å². The second-order valence-corrected chi connectivity index (χ2v) is 7.89. The van der Waals surface area contributed by atoms with E-state index in [1.807, 2.05) is 0 Å². The molecule has 0 radical (unpaired) electrons. The van der Waals surface area contributed by atoms with Crippen molar-refractivity contribution < 1.29 is 23.2 Å². The van der Waals surface area contributed by atoms with E-state index in [2.05, 4.69) is 0 Å². The lowest BCUT2D eigenvalue weighted by Crippen LogP contribution is -2.39. The number of carbonyl (C=O) groups is 1. The zero-order valence-electron chi connectivity index (χ0n) is 14.1. The van der Waals surface area contributed by atoms with Crippen molar-refractivity contribution in [3.05, 3.63) is 81.9 Å². The largest absolute Gasteiger partial charge is 0.478 e. The number of rotatable bonds is 5. The van der Waals surface area contributed by atoms with E-state index in [4.69, 9.17) is 0 Å². The predicted octanol–water partition coefficient (Wildman–Crippen LogP) is 2.74. The Labute approximate surface area is 155 Å². The van der Waals surface area contributed by atoms with Gasteiger partial charge in [-0.15, -0.1) is 0 Å². The van der Waals surface area contributed by atoms with Crippen LogP contribution in [-0.2, 0) is 14.8 Å². The van der Waals surface area contributed by atoms with Crippen molar-refractivity contribution in [2.75, 3.05) is 6.54 Å². The first-order valence-corrected chi connectivity index (χ1v) is 9.48. The number of nitrogens with zero attached hydrogens (tertiary/aromatic N) is 2. The molecule has 0 bridgehead atoms. The van der Waals surface area contributed by atoms with Crippen molar-refractivity contribution in [1.29, 1.82) is 0 Å². The molecule has 1 N–H and O–H groups in total. The number of benzene rings is 2. The number of hydrogen-bond acceptors (Lipinski definition) is 5. The summed E-state index contributed by atoms with van der Waals surface area (Å²) in [6, 6.07) is 12.9. The lowest BCUT2D eigenvalue weighted by molar-refractivity contribution is -0.384. The molecule has 1 heterocycles. The van der Waals surface area contributed by atoms with E-state index in [1.165, 1.54) is 6.08 Å². The molecule has 0 aromatic heterocycles. The molecule has 1 unspecified atom stereocenters. The normalized spacial score (nSPS) is 17.9. The maximum absolute atomic E-state index is 13.2. The smallest absolute Gasteiger partial charge is 0.332 e. The van der Waals surface area contributed by atoms with Crippen molar-refractivity contribution in [3.8, 4) is 0 Å². The molecule has 0 saturated carbocycles. The van der Waals surface area contributed by atoms with Crippen molar-refractivity contribution in [2.45, 2.75) is 17.4 Å². The van der Waals surface area contributed by atoms with Crippen LogP contribution in [0.2, 0.25) is 0 Å². The maximum Gasteiger partial charge on any atom is 0.332 e. The number of sulfonamides is 1. The summed E-state index contributed by atoms with van der Waals surface area (Å²) in [4.78, 5) is 21.4. The fourth-order valence-electron chi connectivity index (χ4n) is 2.97. The molecule has 0 spiro atoms. The minimum absolute atomic E-state index is 0.00679. The lowest BCUT2D eigenvalue weighted by atomic mass is 9.98. The van der Waals surface area contributed by atoms with E-state index in [0.717, 1.165) is 34.1 Å². The van der Waals surface area contributed by atoms with Crippen LogP contribution in [0.5, 0.6) is 0 Å². The summed E-state index contributed by atoms with van der Waals surface area (Å²) in [5, 5.41) is 20.1. The van der Waals surface area contributed by atoms with Crippen LogP contribution in [0.3, 0.4) is 0 Å². The van der Waals surface area contributed by atoms with E-state index in [9.17, 15) is 28.4 Å². The fraction of sp³-hybridized carbons (Fsp3) is 0.167. The summed E-state index contributed by atoms with van der Waals surface area (Å²) in [5.74, 6) is -1.18. The highest BCUT2D eigenvalue weighted by Gasteiger charge is 2.36. The first-order valence-electron chi connectivity index (χ1n) is 8.04. The van der Waals surface area contributed by atoms with Gasteiger partial charge in [0.1, 0.15) is 0 Å². The Morgan fingerprint density at radius 1 is 1.11 bits per heavy atom. The maximum atomic E-state index is 13.2. The summed E-state index contributed by atoms with van der Waals surface area (Å²) in [5.41, 5.74) is 0.509. The molecule has 8 nitrogen and oxygen atoms in total. The predicted molar refractivity (Wildman–Crippen MR) is 96.5 cm³/mol. The van der Waals surface area contributed by atoms with Crippen LogP contribution in [0.25, 0.3) is 0 Å². The number of hydrogen-bond donors (Lipinski definition) is 1. The van der Waals surface area contributed by atoms with E-state index in [-0.39, 0.29) is 29.1 Å². The van der Waals surface area contributed by atoms with Crippen LogP contribution >= 0.6 is 0 Å². The Balaban J connectivity index is 2.04. The molecule has 3 rings (SSSR count). The lowest BCUT2D eigenvalue weighted by Gasteiger charge is -2.34. The first-order chi connectivity index (χ1) is 12.8. The van der Waals surface area contributed by atoms with Gasteiger partial charge in [-0.05, 0) is 24.1 Å². The monoisotopic (exact) mass is 388 g/mol. The average molecular weight is 388 g/mol. The molecule has 140 valence electrons. The van der Waals surface area contributed by atoms with Gasteiger partial charge in [-0.1, -0.05) is 36.4 Å². The van der Waals surface area contributed by atoms with Crippen LogP contribution in [0.4, 0.5) is 5.69 Å². The molecule has 1 atom stereocenters. The van der Waals surface area contributed by atoms with Crippen LogP contribution in [-0.4, -0.2) is 35.3 Å². The van der Waals surface area contributed by atoms with E-state index in [1.54, 1.807) is 30.3 Å². The molecule has 0 amide bonds. The van der Waals surface area contributed by atoms with Gasteiger partial charge in [0, 0.05) is 24.3 Å². The second-order valence-electron chi connectivity index (χ2n) is 6.00. The Bertz CT molecular complexity index is 1000. The third kappa shape index (κ3) is 3.74. The summed E-state index contributed by atoms with van der Waals surface area (Å²) >= 11 is 0. The fourth-order valence-corrected chi connectivity index (χ4v) is 4.58. The van der Waals surface area contributed by atoms with Crippen LogP contribution in [0.1, 0.15) is 18.0 Å². The standard InChI is InChI=1S/C18H16N2O6S/c21-18(22)14-6-11-17(13-4-2-1-3-5-13)19(12-14)27(25,26)16-9-7-15(8-10-16)20(23)24/h1-10,17H,11-12H2,(H,21,22). The summed E-state index contributed by atoms with van der Waals surface area (Å²) in [7, 11) is -4.06. The summed E-state index contributed by atoms with van der Waals surface area (Å²) < 4.78 is 27.4. The molecular weight excluding hydrogens is 372 g/mol. The van der Waals surface area contributed by atoms with Crippen LogP contribution in [0, 0.1) is 10.1 Å². The molecule has 1 aliphatic rings. The number of carboxylic acid groups (broad SMARTS) is 1. The van der Waals surface area contributed by atoms with Crippen molar-refractivity contribution >= 4 is 21.7 Å². The molecular formula is C18H16N2O6S. The highest BCUT2D eigenvalue weighted by atomic mass is 32.2. The summed E-state index contributed by atoms with van der Waals surface area (Å²) in [6.07, 6.45) is 1.75. The van der Waals surface area contributed by atoms with Gasteiger partial charge >= 0.3 is 5.97 Å². The molecule has 1 aliphatic heterocycles. The molecule has 0 fully saturated rings. The van der Waals surface area contributed by atoms with Gasteiger partial charge in [0.15, 0.2) is 0 Å². The van der Waals surface area contributed by atoms with Crippen molar-refractivity contribution in [2.24, 2.45) is 0 Å². The first kappa shape index (κ1) is 18.7. The van der Waals surface area contributed by atoms with Crippen LogP contribution in [0.15, 0.2) is 71.1 Å². The van der Waals surface area contributed by atoms with E-state index < -0.39 is 27.0 Å². The van der Waals surface area contributed by atoms with Gasteiger partial charge in [0.2, 0.25) is 10.0 Å². The Morgan fingerprint density at radius 3 is 2.30 bits per heavy atom. The third-order valence-electron chi connectivity index (χ3n) is 4.37. The highest BCUT2D eigenvalue weighted by Crippen LogP contribution is 2.35.